The van der Waals surface area contributed by atoms with Gasteiger partial charge in [-0.1, -0.05) is 0 Å². The lowest BCUT2D eigenvalue weighted by Crippen LogP contribution is -2.18. The zero-order valence-corrected chi connectivity index (χ0v) is 10.1. The molecule has 16 heavy (non-hydrogen) atoms. The van der Waals surface area contributed by atoms with Crippen LogP contribution in [0, 0.1) is 0 Å². The first-order valence-corrected chi connectivity index (χ1v) is 6.02. The molecule has 2 aromatic rings. The Hall–Kier alpha value is -1.14. The topological polar surface area (TPSA) is 62.2 Å². The lowest BCUT2D eigenvalue weighted by Gasteiger charge is -2.07. The summed E-state index contributed by atoms with van der Waals surface area (Å²) in [6.45, 7) is 1.91. The number of halogens is 1. The maximum absolute atomic E-state index is 11.8. The van der Waals surface area contributed by atoms with Crippen molar-refractivity contribution in [1.82, 2.24) is 19.9 Å². The Labute approximate surface area is 100.0 Å². The zero-order valence-electron chi connectivity index (χ0n) is 8.53. The van der Waals surface area contributed by atoms with Gasteiger partial charge >= 0.3 is 0 Å². The molecule has 3 heterocycles. The maximum Gasteiger partial charge on any atom is 0.272 e. The van der Waals surface area contributed by atoms with E-state index in [9.17, 15) is 4.79 Å². The van der Waals surface area contributed by atoms with Crippen molar-refractivity contribution in [3.8, 4) is 0 Å². The monoisotopic (exact) mass is 282 g/mol. The van der Waals surface area contributed by atoms with Crippen LogP contribution in [0.25, 0.3) is 5.65 Å². The Morgan fingerprint density at radius 3 is 3.19 bits per heavy atom. The number of nitrogens with one attached hydrogen (secondary N) is 2. The molecule has 2 N–H and O–H groups in total. The predicted molar refractivity (Wildman–Crippen MR) is 63.7 cm³/mol. The number of aromatic amines is 1. The summed E-state index contributed by atoms with van der Waals surface area (Å²) in [7, 11) is 0. The van der Waals surface area contributed by atoms with Crippen molar-refractivity contribution in [2.24, 2.45) is 0 Å². The third-order valence-electron chi connectivity index (χ3n) is 2.95. The van der Waals surface area contributed by atoms with Gasteiger partial charge in [-0.25, -0.2) is 9.50 Å². The second kappa shape index (κ2) is 3.71. The van der Waals surface area contributed by atoms with Crippen LogP contribution in [0.3, 0.4) is 0 Å². The molecule has 84 valence electrons. The molecule has 0 aromatic carbocycles. The van der Waals surface area contributed by atoms with Crippen molar-refractivity contribution >= 4 is 21.6 Å². The van der Waals surface area contributed by atoms with Crippen LogP contribution < -0.4 is 10.9 Å². The number of hydrogen-bond donors (Lipinski definition) is 2. The van der Waals surface area contributed by atoms with Gasteiger partial charge in [-0.3, -0.25) is 9.89 Å². The minimum Gasteiger partial charge on any atom is -0.316 e. The van der Waals surface area contributed by atoms with Crippen molar-refractivity contribution in [2.45, 2.75) is 12.3 Å². The molecule has 0 amide bonds. The quantitative estimate of drug-likeness (QED) is 0.816. The molecule has 2 aromatic heterocycles. The summed E-state index contributed by atoms with van der Waals surface area (Å²) in [6.07, 6.45) is 2.77. The highest BCUT2D eigenvalue weighted by molar-refractivity contribution is 9.10. The Kier molecular flexibility index (Phi) is 2.33. The average molecular weight is 283 g/mol. The molecule has 6 heteroatoms. The molecule has 1 fully saturated rings. The fraction of sp³-hybridized carbons (Fsp3) is 0.400. The van der Waals surface area contributed by atoms with E-state index < -0.39 is 0 Å². The Morgan fingerprint density at radius 2 is 2.44 bits per heavy atom. The van der Waals surface area contributed by atoms with Crippen molar-refractivity contribution in [3.05, 3.63) is 32.8 Å². The first kappa shape index (κ1) is 10.0. The van der Waals surface area contributed by atoms with Gasteiger partial charge in [0.15, 0.2) is 5.65 Å². The third kappa shape index (κ3) is 1.49. The summed E-state index contributed by atoms with van der Waals surface area (Å²) in [5.41, 5.74) is 1.49. The second-order valence-corrected chi connectivity index (χ2v) is 4.84. The average Bonchev–Trinajstić information content (AvgIpc) is 2.88. The van der Waals surface area contributed by atoms with Gasteiger partial charge < -0.3 is 5.32 Å². The number of rotatable bonds is 1. The summed E-state index contributed by atoms with van der Waals surface area (Å²) >= 11 is 3.37. The molecule has 3 rings (SSSR count). The van der Waals surface area contributed by atoms with Gasteiger partial charge in [0.1, 0.15) is 0 Å². The highest BCUT2D eigenvalue weighted by atomic mass is 79.9. The first-order chi connectivity index (χ1) is 7.75. The van der Waals surface area contributed by atoms with Gasteiger partial charge in [-0.05, 0) is 28.9 Å². The lowest BCUT2D eigenvalue weighted by molar-refractivity contribution is 0.725. The standard InChI is InChI=1S/C10H11BrN4O/c11-7-5-13-15-9(16)3-8(14-10(7)15)6-1-2-12-4-6/h3,5-6,12-13H,1-2,4H2. The van der Waals surface area contributed by atoms with Crippen LogP contribution in [0.15, 0.2) is 21.5 Å². The molecular weight excluding hydrogens is 272 g/mol. The van der Waals surface area contributed by atoms with E-state index in [1.807, 2.05) is 0 Å². The van der Waals surface area contributed by atoms with Gasteiger partial charge in [0, 0.05) is 24.7 Å². The molecule has 0 bridgehead atoms. The van der Waals surface area contributed by atoms with Crippen LogP contribution in [0.2, 0.25) is 0 Å². The summed E-state index contributed by atoms with van der Waals surface area (Å²) in [5, 5.41) is 6.13. The van der Waals surface area contributed by atoms with E-state index >= 15 is 0 Å². The number of hydrogen-bond acceptors (Lipinski definition) is 3. The molecule has 0 radical (unpaired) electrons. The fourth-order valence-corrected chi connectivity index (χ4v) is 2.46. The van der Waals surface area contributed by atoms with Crippen LogP contribution in [-0.4, -0.2) is 27.7 Å². The van der Waals surface area contributed by atoms with Crippen LogP contribution in [0.1, 0.15) is 18.0 Å². The molecule has 1 atom stereocenters. The van der Waals surface area contributed by atoms with E-state index in [0.717, 1.165) is 29.7 Å². The molecule has 5 nitrogen and oxygen atoms in total. The number of aromatic nitrogens is 3. The van der Waals surface area contributed by atoms with E-state index in [2.05, 4.69) is 31.3 Å². The van der Waals surface area contributed by atoms with E-state index in [1.165, 1.54) is 4.52 Å². The number of H-pyrrole nitrogens is 1. The summed E-state index contributed by atoms with van der Waals surface area (Å²) in [4.78, 5) is 16.3. The third-order valence-corrected chi connectivity index (χ3v) is 3.53. The number of nitrogens with zero attached hydrogens (tertiary/aromatic N) is 2. The molecule has 0 spiro atoms. The summed E-state index contributed by atoms with van der Waals surface area (Å²) in [5.74, 6) is 0.361. The van der Waals surface area contributed by atoms with E-state index in [1.54, 1.807) is 12.3 Å². The van der Waals surface area contributed by atoms with Crippen LogP contribution in [0.4, 0.5) is 0 Å². The fourth-order valence-electron chi connectivity index (χ4n) is 2.09. The Balaban J connectivity index is 2.19. The van der Waals surface area contributed by atoms with Gasteiger partial charge in [0.2, 0.25) is 0 Å². The second-order valence-electron chi connectivity index (χ2n) is 3.99. The van der Waals surface area contributed by atoms with Crippen molar-refractivity contribution < 1.29 is 0 Å². The van der Waals surface area contributed by atoms with Crippen molar-refractivity contribution in [3.63, 3.8) is 0 Å². The van der Waals surface area contributed by atoms with Gasteiger partial charge in [-0.15, -0.1) is 0 Å². The largest absolute Gasteiger partial charge is 0.316 e. The summed E-state index contributed by atoms with van der Waals surface area (Å²) < 4.78 is 2.26. The summed E-state index contributed by atoms with van der Waals surface area (Å²) in [6, 6.07) is 1.62. The van der Waals surface area contributed by atoms with Crippen molar-refractivity contribution in [1.29, 1.82) is 0 Å². The molecule has 1 saturated heterocycles. The highest BCUT2D eigenvalue weighted by Crippen LogP contribution is 2.21. The van der Waals surface area contributed by atoms with E-state index in [0.29, 0.717) is 11.6 Å². The first-order valence-electron chi connectivity index (χ1n) is 5.23. The molecule has 1 aliphatic heterocycles. The molecular formula is C10H11BrN4O. The predicted octanol–water partition coefficient (Wildman–Crippen LogP) is 0.862. The van der Waals surface area contributed by atoms with Crippen LogP contribution >= 0.6 is 15.9 Å². The highest BCUT2D eigenvalue weighted by Gasteiger charge is 2.19. The Morgan fingerprint density at radius 1 is 1.56 bits per heavy atom. The normalized spacial score (nSPS) is 20.7. The molecule has 0 saturated carbocycles. The van der Waals surface area contributed by atoms with Crippen LogP contribution in [0.5, 0.6) is 0 Å². The van der Waals surface area contributed by atoms with Gasteiger partial charge in [0.25, 0.3) is 5.56 Å². The molecule has 0 aliphatic carbocycles. The lowest BCUT2D eigenvalue weighted by atomic mass is 10.1. The zero-order chi connectivity index (χ0) is 11.1. The minimum atomic E-state index is -0.0578. The maximum atomic E-state index is 11.8. The number of fused-ring (bicyclic) bond motifs is 1. The van der Waals surface area contributed by atoms with E-state index in [4.69, 9.17) is 0 Å². The SMILES string of the molecule is O=c1cc(C2CCNC2)nc2c(Br)c[nH]n12. The smallest absolute Gasteiger partial charge is 0.272 e. The minimum absolute atomic E-state index is 0.0578. The van der Waals surface area contributed by atoms with Crippen molar-refractivity contribution in [2.75, 3.05) is 13.1 Å². The van der Waals surface area contributed by atoms with Crippen LogP contribution in [-0.2, 0) is 0 Å². The molecule has 1 unspecified atom stereocenters. The molecule has 1 aliphatic rings. The van der Waals surface area contributed by atoms with Gasteiger partial charge in [0.05, 0.1) is 10.2 Å². The van der Waals surface area contributed by atoms with Gasteiger partial charge in [-0.2, -0.15) is 0 Å². The Bertz CT molecular complexity index is 582. The van der Waals surface area contributed by atoms with E-state index in [-0.39, 0.29) is 5.56 Å².